The number of ketones is 1. The fourth-order valence-electron chi connectivity index (χ4n) is 2.82. The van der Waals surface area contributed by atoms with E-state index in [9.17, 15) is 4.79 Å². The van der Waals surface area contributed by atoms with Gasteiger partial charge in [0, 0.05) is 44.2 Å². The second-order valence-electron chi connectivity index (χ2n) is 5.76. The van der Waals surface area contributed by atoms with Crippen LogP contribution in [0.2, 0.25) is 0 Å². The minimum atomic E-state index is 0.132. The Kier molecular flexibility index (Phi) is 5.38. The van der Waals surface area contributed by atoms with Gasteiger partial charge in [0.1, 0.15) is 0 Å². The number of Topliss-reactive ketones (excluding diaryl/α,β-unsaturated/α-hetero) is 1. The molecule has 0 spiro atoms. The zero-order valence-corrected chi connectivity index (χ0v) is 12.9. The lowest BCUT2D eigenvalue weighted by Crippen LogP contribution is -2.33. The highest BCUT2D eigenvalue weighted by molar-refractivity contribution is 5.94. The number of hydrogen-bond acceptors (Lipinski definition) is 3. The summed E-state index contributed by atoms with van der Waals surface area (Å²) in [5.41, 5.74) is 2.00. The topological polar surface area (TPSA) is 34.5 Å². The molecule has 0 aromatic carbocycles. The average Bonchev–Trinajstić information content (AvgIpc) is 3.00. The van der Waals surface area contributed by atoms with Gasteiger partial charge in [-0.25, -0.2) is 0 Å². The summed E-state index contributed by atoms with van der Waals surface area (Å²) in [5, 5.41) is 0. The number of hydrogen-bond donors (Lipinski definition) is 0. The first-order chi connectivity index (χ1) is 9.60. The molecule has 1 aliphatic heterocycles. The molecule has 112 valence electrons. The van der Waals surface area contributed by atoms with Crippen molar-refractivity contribution in [3.8, 4) is 0 Å². The second kappa shape index (κ2) is 7.04. The summed E-state index contributed by atoms with van der Waals surface area (Å²) in [7, 11) is 2.01. The van der Waals surface area contributed by atoms with Crippen molar-refractivity contribution in [3.63, 3.8) is 0 Å². The molecular formula is C16H26N2O2. The van der Waals surface area contributed by atoms with Crippen molar-refractivity contribution in [2.24, 2.45) is 7.05 Å². The van der Waals surface area contributed by atoms with Crippen LogP contribution in [-0.2, 0) is 18.3 Å². The van der Waals surface area contributed by atoms with Gasteiger partial charge in [-0.05, 0) is 38.8 Å². The smallest absolute Gasteiger partial charge is 0.161 e. The third-order valence-corrected chi connectivity index (χ3v) is 3.93. The van der Waals surface area contributed by atoms with Gasteiger partial charge in [-0.3, -0.25) is 9.69 Å². The van der Waals surface area contributed by atoms with Gasteiger partial charge in [-0.15, -0.1) is 0 Å². The SMILES string of the molecule is CCCN(Cc1cc(C(C)=O)cn1C)C[C@H]1CCCO1. The van der Waals surface area contributed by atoms with Crippen molar-refractivity contribution < 1.29 is 9.53 Å². The normalized spacial score (nSPS) is 18.9. The van der Waals surface area contributed by atoms with E-state index in [0.717, 1.165) is 38.2 Å². The van der Waals surface area contributed by atoms with Gasteiger partial charge >= 0.3 is 0 Å². The Labute approximate surface area is 121 Å². The molecule has 1 fully saturated rings. The molecule has 0 aliphatic carbocycles. The average molecular weight is 278 g/mol. The molecule has 2 heterocycles. The molecule has 1 saturated heterocycles. The molecule has 0 saturated carbocycles. The Balaban J connectivity index is 2.00. The molecule has 1 aliphatic rings. The number of aryl methyl sites for hydroxylation is 1. The maximum absolute atomic E-state index is 11.5. The summed E-state index contributed by atoms with van der Waals surface area (Å²) in [4.78, 5) is 13.9. The number of rotatable bonds is 7. The Hall–Kier alpha value is -1.13. The second-order valence-corrected chi connectivity index (χ2v) is 5.76. The molecular weight excluding hydrogens is 252 g/mol. The standard InChI is InChI=1S/C16H26N2O2/c1-4-7-18(12-16-6-5-8-20-16)11-15-9-14(13(2)19)10-17(15)3/h9-10,16H,4-8,11-12H2,1-3H3/t16-/m1/s1. The fourth-order valence-corrected chi connectivity index (χ4v) is 2.82. The summed E-state index contributed by atoms with van der Waals surface area (Å²) < 4.78 is 7.80. The van der Waals surface area contributed by atoms with Crippen LogP contribution in [0.15, 0.2) is 12.3 Å². The lowest BCUT2D eigenvalue weighted by Gasteiger charge is -2.24. The van der Waals surface area contributed by atoms with Crippen molar-refractivity contribution in [3.05, 3.63) is 23.5 Å². The molecule has 2 rings (SSSR count). The maximum atomic E-state index is 11.5. The van der Waals surface area contributed by atoms with Gasteiger partial charge < -0.3 is 9.30 Å². The maximum Gasteiger partial charge on any atom is 0.161 e. The van der Waals surface area contributed by atoms with E-state index >= 15 is 0 Å². The number of carbonyl (C=O) groups is 1. The van der Waals surface area contributed by atoms with E-state index in [2.05, 4.69) is 16.4 Å². The minimum absolute atomic E-state index is 0.132. The van der Waals surface area contributed by atoms with Crippen molar-refractivity contribution >= 4 is 5.78 Å². The zero-order valence-electron chi connectivity index (χ0n) is 12.9. The quantitative estimate of drug-likeness (QED) is 0.719. The third kappa shape index (κ3) is 3.93. The largest absolute Gasteiger partial charge is 0.377 e. The van der Waals surface area contributed by atoms with Crippen molar-refractivity contribution in [1.29, 1.82) is 0 Å². The minimum Gasteiger partial charge on any atom is -0.377 e. The number of carbonyl (C=O) groups excluding carboxylic acids is 1. The Bertz CT molecular complexity index is 447. The van der Waals surface area contributed by atoms with E-state index in [-0.39, 0.29) is 5.78 Å². The summed E-state index contributed by atoms with van der Waals surface area (Å²) >= 11 is 0. The van der Waals surface area contributed by atoms with E-state index in [1.54, 1.807) is 6.92 Å². The van der Waals surface area contributed by atoms with Crippen molar-refractivity contribution in [2.75, 3.05) is 19.7 Å². The molecule has 1 aromatic rings. The van der Waals surface area contributed by atoms with Crippen LogP contribution in [0.25, 0.3) is 0 Å². The first kappa shape index (κ1) is 15.3. The predicted octanol–water partition coefficient (Wildman–Crippen LogP) is 2.62. The van der Waals surface area contributed by atoms with E-state index in [4.69, 9.17) is 4.74 Å². The number of ether oxygens (including phenoxy) is 1. The van der Waals surface area contributed by atoms with Gasteiger partial charge in [0.05, 0.1) is 6.10 Å². The summed E-state index contributed by atoms with van der Waals surface area (Å²) in [6, 6.07) is 2.01. The highest BCUT2D eigenvalue weighted by atomic mass is 16.5. The van der Waals surface area contributed by atoms with Crippen LogP contribution in [0.3, 0.4) is 0 Å². The van der Waals surface area contributed by atoms with Gasteiger partial charge in [-0.2, -0.15) is 0 Å². The van der Waals surface area contributed by atoms with Crippen LogP contribution in [0.1, 0.15) is 49.2 Å². The Morgan fingerprint density at radius 3 is 2.90 bits per heavy atom. The highest BCUT2D eigenvalue weighted by Crippen LogP contribution is 2.16. The molecule has 4 nitrogen and oxygen atoms in total. The summed E-state index contributed by atoms with van der Waals surface area (Å²) in [6.07, 6.45) is 5.80. The number of aromatic nitrogens is 1. The van der Waals surface area contributed by atoms with Crippen LogP contribution in [0, 0.1) is 0 Å². The Morgan fingerprint density at radius 1 is 1.55 bits per heavy atom. The fraction of sp³-hybridized carbons (Fsp3) is 0.688. The lowest BCUT2D eigenvalue weighted by atomic mass is 10.2. The molecule has 1 atom stereocenters. The van der Waals surface area contributed by atoms with Crippen molar-refractivity contribution in [2.45, 2.75) is 45.8 Å². The Morgan fingerprint density at radius 2 is 2.35 bits per heavy atom. The van der Waals surface area contributed by atoms with Gasteiger partial charge in [0.2, 0.25) is 0 Å². The lowest BCUT2D eigenvalue weighted by molar-refractivity contribution is 0.0699. The molecule has 1 aromatic heterocycles. The van der Waals surface area contributed by atoms with Gasteiger partial charge in [-0.1, -0.05) is 6.92 Å². The third-order valence-electron chi connectivity index (χ3n) is 3.93. The summed E-state index contributed by atoms with van der Waals surface area (Å²) in [5.74, 6) is 0.132. The van der Waals surface area contributed by atoms with Crippen LogP contribution < -0.4 is 0 Å². The van der Waals surface area contributed by atoms with Crippen molar-refractivity contribution in [1.82, 2.24) is 9.47 Å². The molecule has 0 N–H and O–H groups in total. The van der Waals surface area contributed by atoms with Gasteiger partial charge in [0.15, 0.2) is 5.78 Å². The molecule has 0 bridgehead atoms. The van der Waals surface area contributed by atoms with Gasteiger partial charge in [0.25, 0.3) is 0 Å². The summed E-state index contributed by atoms with van der Waals surface area (Å²) in [6.45, 7) is 7.68. The zero-order chi connectivity index (χ0) is 14.5. The van der Waals surface area contributed by atoms with E-state index in [0.29, 0.717) is 6.10 Å². The predicted molar refractivity (Wildman–Crippen MR) is 80.0 cm³/mol. The molecule has 4 heteroatoms. The van der Waals surface area contributed by atoms with Crippen LogP contribution in [0.5, 0.6) is 0 Å². The van der Waals surface area contributed by atoms with E-state index < -0.39 is 0 Å². The monoisotopic (exact) mass is 278 g/mol. The van der Waals surface area contributed by atoms with Crippen LogP contribution >= 0.6 is 0 Å². The first-order valence-corrected chi connectivity index (χ1v) is 7.60. The van der Waals surface area contributed by atoms with Crippen LogP contribution in [-0.4, -0.2) is 41.1 Å². The van der Waals surface area contributed by atoms with E-state index in [1.807, 2.05) is 19.3 Å². The van der Waals surface area contributed by atoms with E-state index in [1.165, 1.54) is 18.5 Å². The van der Waals surface area contributed by atoms with Crippen LogP contribution in [0.4, 0.5) is 0 Å². The molecule has 20 heavy (non-hydrogen) atoms. The first-order valence-electron chi connectivity index (χ1n) is 7.60. The highest BCUT2D eigenvalue weighted by Gasteiger charge is 2.20. The molecule has 0 unspecified atom stereocenters. The number of nitrogens with zero attached hydrogens (tertiary/aromatic N) is 2. The molecule has 0 amide bonds. The molecule has 0 radical (unpaired) electrons.